The van der Waals surface area contributed by atoms with Gasteiger partial charge in [0.05, 0.1) is 13.2 Å². The molecule has 0 saturated carbocycles. The Morgan fingerprint density at radius 3 is 2.50 bits per heavy atom. The summed E-state index contributed by atoms with van der Waals surface area (Å²) >= 11 is 0. The minimum atomic E-state index is 0.655. The summed E-state index contributed by atoms with van der Waals surface area (Å²) in [6.45, 7) is 6.58. The van der Waals surface area contributed by atoms with E-state index in [1.807, 2.05) is 36.4 Å². The first-order chi connectivity index (χ1) is 13.8. The van der Waals surface area contributed by atoms with E-state index in [1.165, 1.54) is 5.56 Å². The van der Waals surface area contributed by atoms with Crippen LogP contribution in [0.4, 0.5) is 0 Å². The predicted molar refractivity (Wildman–Crippen MR) is 113 cm³/mol. The number of benzene rings is 2. The van der Waals surface area contributed by atoms with Crippen LogP contribution in [0.1, 0.15) is 11.1 Å². The Kier molecular flexibility index (Phi) is 8.15. The Morgan fingerprint density at radius 1 is 1.00 bits per heavy atom. The van der Waals surface area contributed by atoms with Gasteiger partial charge in [0.2, 0.25) is 0 Å². The molecule has 1 aliphatic rings. The molecule has 150 valence electrons. The fraction of sp³-hybridized carbons (Fsp3) is 0.409. The maximum absolute atomic E-state index is 6.05. The summed E-state index contributed by atoms with van der Waals surface area (Å²) in [5.74, 6) is 1.69. The second kappa shape index (κ2) is 11.3. The second-order valence-electron chi connectivity index (χ2n) is 6.68. The van der Waals surface area contributed by atoms with Crippen LogP contribution in [0.2, 0.25) is 0 Å². The molecule has 0 atom stereocenters. The molecular formula is C22H30N4O2. The Hall–Kier alpha value is -2.57. The van der Waals surface area contributed by atoms with E-state index < -0.39 is 0 Å². The lowest BCUT2D eigenvalue weighted by Gasteiger charge is -2.26. The molecule has 0 amide bonds. The van der Waals surface area contributed by atoms with E-state index in [1.54, 1.807) is 7.05 Å². The third-order valence-electron chi connectivity index (χ3n) is 4.71. The van der Waals surface area contributed by atoms with Crippen molar-refractivity contribution in [2.45, 2.75) is 13.1 Å². The Balaban J connectivity index is 1.46. The molecule has 2 aromatic rings. The minimum absolute atomic E-state index is 0.655. The number of rotatable bonds is 8. The van der Waals surface area contributed by atoms with E-state index in [9.17, 15) is 0 Å². The van der Waals surface area contributed by atoms with Crippen molar-refractivity contribution in [1.82, 2.24) is 15.5 Å². The molecule has 0 unspecified atom stereocenters. The van der Waals surface area contributed by atoms with Crippen LogP contribution >= 0.6 is 0 Å². The molecular weight excluding hydrogens is 352 g/mol. The fourth-order valence-electron chi connectivity index (χ4n) is 3.08. The molecule has 3 rings (SSSR count). The number of morpholine rings is 1. The Labute approximate surface area is 167 Å². The zero-order chi connectivity index (χ0) is 19.4. The zero-order valence-corrected chi connectivity index (χ0v) is 16.6. The maximum Gasteiger partial charge on any atom is 0.191 e. The van der Waals surface area contributed by atoms with E-state index in [4.69, 9.17) is 9.47 Å². The van der Waals surface area contributed by atoms with Gasteiger partial charge in [-0.3, -0.25) is 9.89 Å². The summed E-state index contributed by atoms with van der Waals surface area (Å²) < 4.78 is 11.4. The first kappa shape index (κ1) is 20.2. The molecule has 1 aliphatic heterocycles. The first-order valence-electron chi connectivity index (χ1n) is 9.84. The number of nitrogens with one attached hydrogen (secondary N) is 2. The third kappa shape index (κ3) is 6.55. The number of ether oxygens (including phenoxy) is 2. The van der Waals surface area contributed by atoms with E-state index in [-0.39, 0.29) is 0 Å². The van der Waals surface area contributed by atoms with Crippen molar-refractivity contribution in [3.8, 4) is 5.75 Å². The predicted octanol–water partition coefficient (Wildman–Crippen LogP) is 2.26. The van der Waals surface area contributed by atoms with Crippen molar-refractivity contribution in [1.29, 1.82) is 0 Å². The lowest BCUT2D eigenvalue weighted by molar-refractivity contribution is 0.0322. The molecule has 1 fully saturated rings. The molecule has 6 heteroatoms. The lowest BCUT2D eigenvalue weighted by atomic mass is 10.2. The van der Waals surface area contributed by atoms with Gasteiger partial charge in [0.25, 0.3) is 0 Å². The molecule has 0 aliphatic carbocycles. The standard InChI is InChI=1S/C22H30N4O2/c1-23-22(24-17-19-7-3-2-4-8-19)25-18-20-9-5-6-10-21(20)28-16-13-26-11-14-27-15-12-26/h2-10H,11-18H2,1H3,(H2,23,24,25). The molecule has 1 heterocycles. The van der Waals surface area contributed by atoms with Crippen molar-refractivity contribution >= 4 is 5.96 Å². The summed E-state index contributed by atoms with van der Waals surface area (Å²) in [6, 6.07) is 18.4. The maximum atomic E-state index is 6.05. The monoisotopic (exact) mass is 382 g/mol. The number of aliphatic imine (C=N–C) groups is 1. The lowest BCUT2D eigenvalue weighted by Crippen LogP contribution is -2.38. The van der Waals surface area contributed by atoms with Gasteiger partial charge < -0.3 is 20.1 Å². The van der Waals surface area contributed by atoms with Gasteiger partial charge in [-0.05, 0) is 11.6 Å². The van der Waals surface area contributed by atoms with Gasteiger partial charge in [-0.1, -0.05) is 48.5 Å². The smallest absolute Gasteiger partial charge is 0.191 e. The van der Waals surface area contributed by atoms with Crippen molar-refractivity contribution < 1.29 is 9.47 Å². The third-order valence-corrected chi connectivity index (χ3v) is 4.71. The van der Waals surface area contributed by atoms with E-state index in [0.717, 1.165) is 56.7 Å². The number of para-hydroxylation sites is 1. The first-order valence-corrected chi connectivity index (χ1v) is 9.84. The quantitative estimate of drug-likeness (QED) is 0.542. The number of hydrogen-bond donors (Lipinski definition) is 2. The largest absolute Gasteiger partial charge is 0.492 e. The van der Waals surface area contributed by atoms with Crippen molar-refractivity contribution in [3.05, 3.63) is 65.7 Å². The molecule has 0 aromatic heterocycles. The zero-order valence-electron chi connectivity index (χ0n) is 16.6. The van der Waals surface area contributed by atoms with Gasteiger partial charge in [0.1, 0.15) is 12.4 Å². The summed E-state index contributed by atoms with van der Waals surface area (Å²) in [4.78, 5) is 6.68. The van der Waals surface area contributed by atoms with Crippen LogP contribution in [0.3, 0.4) is 0 Å². The van der Waals surface area contributed by atoms with Gasteiger partial charge in [0, 0.05) is 45.3 Å². The van der Waals surface area contributed by atoms with E-state index in [2.05, 4.69) is 38.7 Å². The van der Waals surface area contributed by atoms with Gasteiger partial charge >= 0.3 is 0 Å². The van der Waals surface area contributed by atoms with Gasteiger partial charge in [-0.25, -0.2) is 0 Å². The Morgan fingerprint density at radius 2 is 1.71 bits per heavy atom. The second-order valence-corrected chi connectivity index (χ2v) is 6.68. The van der Waals surface area contributed by atoms with Crippen LogP contribution in [0.25, 0.3) is 0 Å². The average Bonchev–Trinajstić information content (AvgIpc) is 2.76. The van der Waals surface area contributed by atoms with Crippen molar-refractivity contribution in [2.24, 2.45) is 4.99 Å². The van der Waals surface area contributed by atoms with Gasteiger partial charge in [0.15, 0.2) is 5.96 Å². The summed E-state index contributed by atoms with van der Waals surface area (Å²) in [5, 5.41) is 6.71. The van der Waals surface area contributed by atoms with Crippen molar-refractivity contribution in [2.75, 3.05) is 46.5 Å². The summed E-state index contributed by atoms with van der Waals surface area (Å²) in [7, 11) is 1.78. The number of nitrogens with zero attached hydrogens (tertiary/aromatic N) is 2. The van der Waals surface area contributed by atoms with Crippen LogP contribution < -0.4 is 15.4 Å². The van der Waals surface area contributed by atoms with Crippen LogP contribution in [-0.4, -0.2) is 57.4 Å². The molecule has 2 aromatic carbocycles. The van der Waals surface area contributed by atoms with Crippen LogP contribution in [-0.2, 0) is 17.8 Å². The molecule has 0 spiro atoms. The highest BCUT2D eigenvalue weighted by Gasteiger charge is 2.10. The molecule has 0 radical (unpaired) electrons. The minimum Gasteiger partial charge on any atom is -0.492 e. The normalized spacial score (nSPS) is 15.2. The van der Waals surface area contributed by atoms with Crippen LogP contribution in [0, 0.1) is 0 Å². The molecule has 0 bridgehead atoms. The highest BCUT2D eigenvalue weighted by atomic mass is 16.5. The average molecular weight is 383 g/mol. The van der Waals surface area contributed by atoms with Gasteiger partial charge in [-0.2, -0.15) is 0 Å². The van der Waals surface area contributed by atoms with E-state index in [0.29, 0.717) is 13.2 Å². The van der Waals surface area contributed by atoms with E-state index >= 15 is 0 Å². The van der Waals surface area contributed by atoms with Crippen molar-refractivity contribution in [3.63, 3.8) is 0 Å². The molecule has 6 nitrogen and oxygen atoms in total. The molecule has 1 saturated heterocycles. The number of guanidine groups is 1. The molecule has 2 N–H and O–H groups in total. The highest BCUT2D eigenvalue weighted by Crippen LogP contribution is 2.17. The fourth-order valence-corrected chi connectivity index (χ4v) is 3.08. The van der Waals surface area contributed by atoms with Gasteiger partial charge in [-0.15, -0.1) is 0 Å². The molecule has 28 heavy (non-hydrogen) atoms. The SMILES string of the molecule is CN=C(NCc1ccccc1)NCc1ccccc1OCCN1CCOCC1. The topological polar surface area (TPSA) is 58.1 Å². The number of hydrogen-bond acceptors (Lipinski definition) is 4. The highest BCUT2D eigenvalue weighted by molar-refractivity contribution is 5.79. The van der Waals surface area contributed by atoms with Crippen LogP contribution in [0.15, 0.2) is 59.6 Å². The van der Waals surface area contributed by atoms with Crippen LogP contribution in [0.5, 0.6) is 5.75 Å². The summed E-state index contributed by atoms with van der Waals surface area (Å²) in [6.07, 6.45) is 0. The summed E-state index contributed by atoms with van der Waals surface area (Å²) in [5.41, 5.74) is 2.34. The Bertz CT molecular complexity index is 730.